The van der Waals surface area contributed by atoms with Crippen LogP contribution >= 0.6 is 0 Å². The Hall–Kier alpha value is -1.37. The largest absolute Gasteiger partial charge is 0.315 e. The Balaban J connectivity index is 2.30. The second kappa shape index (κ2) is 2.70. The fourth-order valence-corrected chi connectivity index (χ4v) is 1.15. The number of benzene rings is 1. The summed E-state index contributed by atoms with van der Waals surface area (Å²) in [6.45, 7) is 0. The third-order valence-corrected chi connectivity index (χ3v) is 1.72. The molecule has 1 nitrogen and oxygen atoms in total. The van der Waals surface area contributed by atoms with E-state index >= 15 is 0 Å². The van der Waals surface area contributed by atoms with Crippen molar-refractivity contribution in [1.29, 1.82) is 0 Å². The van der Waals surface area contributed by atoms with Crippen molar-refractivity contribution in [3.8, 4) is 0 Å². The van der Waals surface area contributed by atoms with Gasteiger partial charge in [-0.25, -0.2) is 4.42 Å². The lowest BCUT2D eigenvalue weighted by atomic mass is 10.1. The fraction of sp³-hybridized carbons (Fsp3) is 0.100. The minimum atomic E-state index is 0.135. The first kappa shape index (κ1) is 6.35. The minimum absolute atomic E-state index is 0.135. The molecule has 1 atom stereocenters. The first-order valence-corrected chi connectivity index (χ1v) is 3.67. The van der Waals surface area contributed by atoms with Crippen LogP contribution in [0.15, 0.2) is 42.5 Å². The van der Waals surface area contributed by atoms with Gasteiger partial charge in [-0.3, -0.25) is 0 Å². The van der Waals surface area contributed by atoms with Crippen LogP contribution in [-0.2, 0) is 4.42 Å². The van der Waals surface area contributed by atoms with E-state index < -0.39 is 0 Å². The van der Waals surface area contributed by atoms with Crippen LogP contribution in [0.25, 0.3) is 0 Å². The summed E-state index contributed by atoms with van der Waals surface area (Å²) in [5.41, 5.74) is 1.21. The molecule has 1 heterocycles. The molecule has 1 aliphatic rings. The molecule has 2 rings (SSSR count). The minimum Gasteiger partial charge on any atom is -0.250 e. The van der Waals surface area contributed by atoms with Gasteiger partial charge in [-0.2, -0.15) is 0 Å². The smallest absolute Gasteiger partial charge is 0.250 e. The molecule has 1 heteroatoms. The van der Waals surface area contributed by atoms with E-state index in [1.807, 2.05) is 30.4 Å². The molecular weight excluding hydrogens is 136 g/mol. The monoisotopic (exact) mass is 145 g/mol. The normalized spacial score (nSPS) is 20.9. The van der Waals surface area contributed by atoms with Gasteiger partial charge in [0.15, 0.2) is 0 Å². The van der Waals surface area contributed by atoms with Crippen LogP contribution in [0.2, 0.25) is 0 Å². The van der Waals surface area contributed by atoms with Crippen molar-refractivity contribution in [3.63, 3.8) is 0 Å². The van der Waals surface area contributed by atoms with Crippen LogP contribution in [0.4, 0.5) is 0 Å². The summed E-state index contributed by atoms with van der Waals surface area (Å²) in [5.74, 6) is 0. The predicted octanol–water partition coefficient (Wildman–Crippen LogP) is 2.03. The predicted molar refractivity (Wildman–Crippen MR) is 44.4 cm³/mol. The molecule has 1 aliphatic heterocycles. The van der Waals surface area contributed by atoms with E-state index in [0.29, 0.717) is 0 Å². The number of carbonyl (C=O) groups excluding carboxylic acids is 1. The number of rotatable bonds is 1. The zero-order valence-corrected chi connectivity index (χ0v) is 6.10. The summed E-state index contributed by atoms with van der Waals surface area (Å²) in [6.07, 6.45) is 5.82. The van der Waals surface area contributed by atoms with Crippen LogP contribution in [0.5, 0.6) is 0 Å². The second-order valence-electron chi connectivity index (χ2n) is 2.49. The van der Waals surface area contributed by atoms with Crippen molar-refractivity contribution in [2.24, 2.45) is 0 Å². The molecule has 54 valence electrons. The molecule has 0 radical (unpaired) electrons. The molecule has 0 unspecified atom stereocenters. The van der Waals surface area contributed by atoms with Crippen LogP contribution in [0.1, 0.15) is 11.7 Å². The van der Waals surface area contributed by atoms with Gasteiger partial charge in [0.1, 0.15) is 0 Å². The average molecular weight is 145 g/mol. The van der Waals surface area contributed by atoms with Crippen LogP contribution < -0.4 is 0 Å². The highest BCUT2D eigenvalue weighted by Crippen LogP contribution is 2.16. The van der Waals surface area contributed by atoms with Gasteiger partial charge in [-0.15, -0.1) is 0 Å². The topological polar surface area (TPSA) is 11.3 Å². The highest BCUT2D eigenvalue weighted by molar-refractivity contribution is 5.67. The van der Waals surface area contributed by atoms with E-state index in [0.717, 1.165) is 0 Å². The molecule has 0 bridgehead atoms. The Kier molecular flexibility index (Phi) is 1.56. The third kappa shape index (κ3) is 1.22. The summed E-state index contributed by atoms with van der Waals surface area (Å²) >= 11 is 0. The summed E-state index contributed by atoms with van der Waals surface area (Å²) in [6, 6.07) is 10.2. The molecule has 0 amide bonds. The van der Waals surface area contributed by atoms with E-state index in [4.69, 9.17) is 4.42 Å². The van der Waals surface area contributed by atoms with Gasteiger partial charge in [0.05, 0.1) is 5.56 Å². The third-order valence-electron chi connectivity index (χ3n) is 1.72. The number of aldehydes is 1. The van der Waals surface area contributed by atoms with Gasteiger partial charge < -0.3 is 0 Å². The van der Waals surface area contributed by atoms with Gasteiger partial charge in [-0.1, -0.05) is 18.2 Å². The Labute approximate surface area is 65.7 Å². The first-order chi connectivity index (χ1) is 5.47. The Morgan fingerprint density at radius 1 is 1.09 bits per heavy atom. The van der Waals surface area contributed by atoms with E-state index in [1.165, 1.54) is 5.56 Å². The van der Waals surface area contributed by atoms with Gasteiger partial charge in [-0.05, 0) is 12.1 Å². The van der Waals surface area contributed by atoms with Crippen molar-refractivity contribution < 1.29 is 4.42 Å². The molecule has 0 aliphatic carbocycles. The molecule has 0 saturated heterocycles. The SMILES string of the molecule is C1=C[C@H](c2ccccc2)[O+]=C1. The number of allylic oxidation sites excluding steroid dienone is 1. The lowest BCUT2D eigenvalue weighted by molar-refractivity contribution is -0.485. The highest BCUT2D eigenvalue weighted by Gasteiger charge is 2.18. The zero-order chi connectivity index (χ0) is 7.52. The molecule has 0 aromatic heterocycles. The summed E-state index contributed by atoms with van der Waals surface area (Å²) in [4.78, 5) is 0. The first-order valence-electron chi connectivity index (χ1n) is 3.67. The Morgan fingerprint density at radius 3 is 2.55 bits per heavy atom. The van der Waals surface area contributed by atoms with E-state index in [2.05, 4.69) is 12.1 Å². The fourth-order valence-electron chi connectivity index (χ4n) is 1.15. The lowest BCUT2D eigenvalue weighted by Gasteiger charge is -1.93. The second-order valence-corrected chi connectivity index (χ2v) is 2.49. The Bertz CT molecular complexity index is 273. The van der Waals surface area contributed by atoms with Crippen LogP contribution in [0, 0.1) is 0 Å². The zero-order valence-electron chi connectivity index (χ0n) is 6.10. The van der Waals surface area contributed by atoms with Gasteiger partial charge >= 0.3 is 12.4 Å². The summed E-state index contributed by atoms with van der Waals surface area (Å²) in [7, 11) is 0. The number of hydrogen-bond acceptors (Lipinski definition) is 0. The Morgan fingerprint density at radius 2 is 1.91 bits per heavy atom. The average Bonchev–Trinajstić information content (AvgIpc) is 2.58. The summed E-state index contributed by atoms with van der Waals surface area (Å²) < 4.78 is 5.30. The van der Waals surface area contributed by atoms with Crippen LogP contribution in [0.3, 0.4) is 0 Å². The van der Waals surface area contributed by atoms with Gasteiger partial charge in [0.25, 0.3) is 0 Å². The lowest BCUT2D eigenvalue weighted by Crippen LogP contribution is -1.90. The van der Waals surface area contributed by atoms with Crippen molar-refractivity contribution in [2.45, 2.75) is 6.10 Å². The maximum atomic E-state index is 5.30. The van der Waals surface area contributed by atoms with Crippen LogP contribution in [-0.4, -0.2) is 6.29 Å². The molecular formula is C10H9O+. The molecule has 1 aromatic carbocycles. The molecule has 1 aromatic rings. The van der Waals surface area contributed by atoms with E-state index in [1.54, 1.807) is 6.29 Å². The maximum absolute atomic E-state index is 5.30. The number of hydrogen-bond donors (Lipinski definition) is 0. The molecule has 11 heavy (non-hydrogen) atoms. The van der Waals surface area contributed by atoms with E-state index in [9.17, 15) is 0 Å². The van der Waals surface area contributed by atoms with Gasteiger partial charge in [0, 0.05) is 12.2 Å². The van der Waals surface area contributed by atoms with Crippen molar-refractivity contribution in [1.82, 2.24) is 0 Å². The van der Waals surface area contributed by atoms with E-state index in [-0.39, 0.29) is 6.10 Å². The maximum Gasteiger partial charge on any atom is 0.315 e. The molecule has 0 fully saturated rings. The van der Waals surface area contributed by atoms with Crippen molar-refractivity contribution in [2.75, 3.05) is 0 Å². The molecule has 0 N–H and O–H groups in total. The molecule has 0 saturated carbocycles. The molecule has 0 spiro atoms. The highest BCUT2D eigenvalue weighted by atomic mass is 16.4. The summed E-state index contributed by atoms with van der Waals surface area (Å²) in [5, 5.41) is 0. The van der Waals surface area contributed by atoms with Crippen molar-refractivity contribution >= 4 is 6.29 Å². The van der Waals surface area contributed by atoms with Crippen molar-refractivity contribution in [3.05, 3.63) is 48.0 Å². The standard InChI is InChI=1S/C10H9O/c1-2-5-9(6-3-1)10-7-4-8-11-10/h1-8,10H/q+1/t10-/m1/s1. The quantitative estimate of drug-likeness (QED) is 0.423. The van der Waals surface area contributed by atoms with Gasteiger partial charge in [0.2, 0.25) is 0 Å².